The number of fused-ring (bicyclic) bond motifs is 1. The molecule has 2 aromatic carbocycles. The Labute approximate surface area is 134 Å². The monoisotopic (exact) mass is 294 g/mol. The molecule has 1 aliphatic heterocycles. The highest BCUT2D eigenvalue weighted by molar-refractivity contribution is 5.63. The van der Waals surface area contributed by atoms with Crippen LogP contribution >= 0.6 is 0 Å². The summed E-state index contributed by atoms with van der Waals surface area (Å²) >= 11 is 0. The van der Waals surface area contributed by atoms with E-state index in [4.69, 9.17) is 0 Å². The fourth-order valence-corrected chi connectivity index (χ4v) is 3.75. The van der Waals surface area contributed by atoms with Gasteiger partial charge in [0.05, 0.1) is 6.04 Å². The Morgan fingerprint density at radius 1 is 0.909 bits per heavy atom. The molecule has 0 bridgehead atoms. The maximum atomic E-state index is 3.77. The average Bonchev–Trinajstić information content (AvgIpc) is 2.35. The molecule has 0 saturated heterocycles. The maximum Gasteiger partial charge on any atom is 0.0556 e. The predicted octanol–water partition coefficient (Wildman–Crippen LogP) is 5.28. The van der Waals surface area contributed by atoms with Gasteiger partial charge in [0.15, 0.2) is 0 Å². The second-order valence-corrected chi connectivity index (χ2v) is 6.90. The van der Waals surface area contributed by atoms with Gasteiger partial charge < -0.3 is 10.6 Å². The van der Waals surface area contributed by atoms with Gasteiger partial charge in [0, 0.05) is 23.0 Å². The molecule has 2 aromatic rings. The second-order valence-electron chi connectivity index (χ2n) is 6.90. The zero-order valence-electron chi connectivity index (χ0n) is 14.2. The van der Waals surface area contributed by atoms with Crippen LogP contribution in [0.25, 0.3) is 0 Å². The van der Waals surface area contributed by atoms with Crippen molar-refractivity contribution in [1.82, 2.24) is 0 Å². The summed E-state index contributed by atoms with van der Waals surface area (Å²) in [5.41, 5.74) is 9.25. The Kier molecular flexibility index (Phi) is 3.86. The summed E-state index contributed by atoms with van der Waals surface area (Å²) < 4.78 is 0. The normalized spacial score (nSPS) is 20.2. The molecule has 2 heteroatoms. The minimum absolute atomic E-state index is 0.369. The summed E-state index contributed by atoms with van der Waals surface area (Å²) in [5, 5.41) is 7.41. The molecule has 0 saturated carbocycles. The van der Waals surface area contributed by atoms with E-state index in [9.17, 15) is 0 Å². The van der Waals surface area contributed by atoms with Gasteiger partial charge in [-0.05, 0) is 81.5 Å². The number of aryl methyl sites for hydroxylation is 4. The van der Waals surface area contributed by atoms with Crippen molar-refractivity contribution in [2.24, 2.45) is 0 Å². The highest BCUT2D eigenvalue weighted by Gasteiger charge is 2.26. The third kappa shape index (κ3) is 2.96. The molecule has 0 aliphatic carbocycles. The minimum Gasteiger partial charge on any atom is -0.382 e. The summed E-state index contributed by atoms with van der Waals surface area (Å²) in [4.78, 5) is 0. The molecule has 2 N–H and O–H groups in total. The standard InChI is InChI=1S/C20H26N2/c1-12-6-13(2)9-17(8-12)22-19-11-16(5)21-18-10-14(3)7-15(4)20(18)19/h6-10,16,19,21-22H,11H2,1-5H3/t16-,19-/m1/s1. The van der Waals surface area contributed by atoms with E-state index in [1.807, 2.05) is 0 Å². The molecule has 3 rings (SSSR count). The summed E-state index contributed by atoms with van der Waals surface area (Å²) in [5.74, 6) is 0. The molecule has 0 unspecified atom stereocenters. The van der Waals surface area contributed by atoms with Crippen LogP contribution in [0.2, 0.25) is 0 Å². The first-order valence-corrected chi connectivity index (χ1v) is 8.15. The number of benzene rings is 2. The van der Waals surface area contributed by atoms with E-state index in [0.29, 0.717) is 12.1 Å². The van der Waals surface area contributed by atoms with Crippen molar-refractivity contribution in [3.63, 3.8) is 0 Å². The number of hydrogen-bond donors (Lipinski definition) is 2. The first-order chi connectivity index (χ1) is 10.4. The van der Waals surface area contributed by atoms with E-state index in [-0.39, 0.29) is 0 Å². The number of nitrogens with one attached hydrogen (secondary N) is 2. The molecule has 2 atom stereocenters. The third-order valence-corrected chi connectivity index (χ3v) is 4.43. The van der Waals surface area contributed by atoms with E-state index in [1.54, 1.807) is 0 Å². The van der Waals surface area contributed by atoms with Crippen LogP contribution in [0.1, 0.15) is 47.2 Å². The minimum atomic E-state index is 0.369. The average molecular weight is 294 g/mol. The van der Waals surface area contributed by atoms with Crippen LogP contribution in [0.3, 0.4) is 0 Å². The largest absolute Gasteiger partial charge is 0.382 e. The van der Waals surface area contributed by atoms with Crippen molar-refractivity contribution in [2.75, 3.05) is 10.6 Å². The van der Waals surface area contributed by atoms with Gasteiger partial charge in [0.25, 0.3) is 0 Å². The van der Waals surface area contributed by atoms with Gasteiger partial charge in [-0.1, -0.05) is 12.1 Å². The van der Waals surface area contributed by atoms with Gasteiger partial charge in [-0.2, -0.15) is 0 Å². The van der Waals surface area contributed by atoms with E-state index in [0.717, 1.165) is 6.42 Å². The van der Waals surface area contributed by atoms with Crippen LogP contribution in [0, 0.1) is 27.7 Å². The van der Waals surface area contributed by atoms with Crippen LogP contribution in [0.4, 0.5) is 11.4 Å². The fraction of sp³-hybridized carbons (Fsp3) is 0.400. The maximum absolute atomic E-state index is 3.77. The molecule has 0 fully saturated rings. The molecule has 116 valence electrons. The SMILES string of the molecule is Cc1cc(C)cc(N[C@@H]2C[C@@H](C)Nc3cc(C)cc(C)c32)c1. The Morgan fingerprint density at radius 2 is 1.55 bits per heavy atom. The quantitative estimate of drug-likeness (QED) is 0.787. The molecule has 2 nitrogen and oxygen atoms in total. The van der Waals surface area contributed by atoms with Crippen molar-refractivity contribution in [3.05, 3.63) is 58.1 Å². The summed E-state index contributed by atoms with van der Waals surface area (Å²) in [7, 11) is 0. The van der Waals surface area contributed by atoms with Crippen molar-refractivity contribution in [3.8, 4) is 0 Å². The van der Waals surface area contributed by atoms with Crippen LogP contribution < -0.4 is 10.6 Å². The van der Waals surface area contributed by atoms with Gasteiger partial charge in [-0.3, -0.25) is 0 Å². The van der Waals surface area contributed by atoms with E-state index >= 15 is 0 Å². The lowest BCUT2D eigenvalue weighted by Crippen LogP contribution is -2.29. The molecule has 0 radical (unpaired) electrons. The molecule has 0 aromatic heterocycles. The molecule has 1 heterocycles. The Bertz CT molecular complexity index is 683. The predicted molar refractivity (Wildman–Crippen MR) is 95.9 cm³/mol. The Hall–Kier alpha value is -1.96. The van der Waals surface area contributed by atoms with Crippen molar-refractivity contribution < 1.29 is 0 Å². The zero-order chi connectivity index (χ0) is 15.9. The summed E-state index contributed by atoms with van der Waals surface area (Å²) in [6.07, 6.45) is 1.10. The summed E-state index contributed by atoms with van der Waals surface area (Å²) in [6, 6.07) is 12.1. The Morgan fingerprint density at radius 3 is 2.23 bits per heavy atom. The lowest BCUT2D eigenvalue weighted by molar-refractivity contribution is 0.597. The third-order valence-electron chi connectivity index (χ3n) is 4.43. The molecule has 22 heavy (non-hydrogen) atoms. The zero-order valence-corrected chi connectivity index (χ0v) is 14.2. The van der Waals surface area contributed by atoms with E-state index in [1.165, 1.54) is 39.2 Å². The molecular formula is C20H26N2. The van der Waals surface area contributed by atoms with Gasteiger partial charge >= 0.3 is 0 Å². The smallest absolute Gasteiger partial charge is 0.0556 e. The van der Waals surface area contributed by atoms with Gasteiger partial charge in [0.1, 0.15) is 0 Å². The van der Waals surface area contributed by atoms with E-state index in [2.05, 4.69) is 75.6 Å². The molecule has 1 aliphatic rings. The second kappa shape index (κ2) is 5.68. The lowest BCUT2D eigenvalue weighted by atomic mass is 9.89. The molecular weight excluding hydrogens is 268 g/mol. The fourth-order valence-electron chi connectivity index (χ4n) is 3.75. The van der Waals surface area contributed by atoms with Crippen LogP contribution in [-0.2, 0) is 0 Å². The van der Waals surface area contributed by atoms with Crippen molar-refractivity contribution >= 4 is 11.4 Å². The number of rotatable bonds is 2. The van der Waals surface area contributed by atoms with Crippen LogP contribution in [-0.4, -0.2) is 6.04 Å². The van der Waals surface area contributed by atoms with Crippen molar-refractivity contribution in [1.29, 1.82) is 0 Å². The van der Waals surface area contributed by atoms with Crippen molar-refractivity contribution in [2.45, 2.75) is 53.1 Å². The Balaban J connectivity index is 1.98. The highest BCUT2D eigenvalue weighted by atomic mass is 15.0. The van der Waals surface area contributed by atoms with Crippen LogP contribution in [0.15, 0.2) is 30.3 Å². The topological polar surface area (TPSA) is 24.1 Å². The molecule has 0 amide bonds. The van der Waals surface area contributed by atoms with E-state index < -0.39 is 0 Å². The first-order valence-electron chi connectivity index (χ1n) is 8.15. The first kappa shape index (κ1) is 15.0. The lowest BCUT2D eigenvalue weighted by Gasteiger charge is -2.34. The summed E-state index contributed by atoms with van der Waals surface area (Å²) in [6.45, 7) is 11.0. The number of anilines is 2. The van der Waals surface area contributed by atoms with Gasteiger partial charge in [-0.25, -0.2) is 0 Å². The molecule has 0 spiro atoms. The van der Waals surface area contributed by atoms with Crippen LogP contribution in [0.5, 0.6) is 0 Å². The van der Waals surface area contributed by atoms with Gasteiger partial charge in [0.2, 0.25) is 0 Å². The van der Waals surface area contributed by atoms with Gasteiger partial charge in [-0.15, -0.1) is 0 Å². The number of hydrogen-bond acceptors (Lipinski definition) is 2. The highest BCUT2D eigenvalue weighted by Crippen LogP contribution is 2.38.